The average Bonchev–Trinajstić information content (AvgIpc) is 2.31. The molecular formula is C13H12NO+. The Bertz CT molecular complexity index is 448. The second-order valence-electron chi connectivity index (χ2n) is 3.20. The molecule has 0 saturated carbocycles. The molecule has 1 aromatic heterocycles. The summed E-state index contributed by atoms with van der Waals surface area (Å²) in [5, 5.41) is 9.80. The monoisotopic (exact) mass is 198 g/mol. The van der Waals surface area contributed by atoms with Gasteiger partial charge < -0.3 is 5.11 Å². The zero-order valence-electron chi connectivity index (χ0n) is 8.25. The first-order valence-electron chi connectivity index (χ1n) is 4.78. The van der Waals surface area contributed by atoms with Gasteiger partial charge in [-0.05, 0) is 5.56 Å². The molecule has 0 fully saturated rings. The van der Waals surface area contributed by atoms with E-state index in [0.29, 0.717) is 0 Å². The lowest BCUT2D eigenvalue weighted by atomic mass is 10.2. The number of aliphatic hydroxyl groups is 1. The van der Waals surface area contributed by atoms with E-state index in [9.17, 15) is 5.11 Å². The molecule has 2 heteroatoms. The molecule has 0 saturated heterocycles. The summed E-state index contributed by atoms with van der Waals surface area (Å²) >= 11 is 0. The summed E-state index contributed by atoms with van der Waals surface area (Å²) in [7, 11) is 0. The van der Waals surface area contributed by atoms with Gasteiger partial charge in [0.25, 0.3) is 0 Å². The minimum absolute atomic E-state index is 0.210. The second-order valence-corrected chi connectivity index (χ2v) is 3.20. The summed E-state index contributed by atoms with van der Waals surface area (Å²) in [6.45, 7) is 0. The Hall–Kier alpha value is -2.09. The van der Waals surface area contributed by atoms with E-state index in [-0.39, 0.29) is 5.88 Å². The van der Waals surface area contributed by atoms with Crippen LogP contribution in [0.5, 0.6) is 0 Å². The molecule has 0 unspecified atom stereocenters. The van der Waals surface area contributed by atoms with Crippen molar-refractivity contribution in [2.24, 2.45) is 0 Å². The number of aromatic nitrogens is 1. The number of rotatable bonds is 2. The van der Waals surface area contributed by atoms with Crippen LogP contribution in [-0.2, 0) is 0 Å². The molecule has 2 rings (SSSR count). The lowest BCUT2D eigenvalue weighted by Gasteiger charge is -1.93. The first kappa shape index (κ1) is 9.46. The molecule has 2 nitrogen and oxygen atoms in total. The van der Waals surface area contributed by atoms with Crippen molar-refractivity contribution in [2.75, 3.05) is 0 Å². The summed E-state index contributed by atoms with van der Waals surface area (Å²) in [4.78, 5) is 0. The van der Waals surface area contributed by atoms with Crippen molar-refractivity contribution in [1.29, 1.82) is 0 Å². The molecule has 0 radical (unpaired) electrons. The fourth-order valence-electron chi connectivity index (χ4n) is 1.32. The predicted molar refractivity (Wildman–Crippen MR) is 59.9 cm³/mol. The summed E-state index contributed by atoms with van der Waals surface area (Å²) in [5.41, 5.74) is 0.978. The Morgan fingerprint density at radius 2 is 1.53 bits per heavy atom. The Kier molecular flexibility index (Phi) is 2.79. The maximum Gasteiger partial charge on any atom is 0.371 e. The van der Waals surface area contributed by atoms with E-state index in [2.05, 4.69) is 0 Å². The van der Waals surface area contributed by atoms with Gasteiger partial charge in [0.05, 0.1) is 6.08 Å². The van der Waals surface area contributed by atoms with Gasteiger partial charge in [-0.3, -0.25) is 0 Å². The molecule has 0 aliphatic carbocycles. The van der Waals surface area contributed by atoms with Crippen molar-refractivity contribution >= 4 is 12.0 Å². The van der Waals surface area contributed by atoms with Gasteiger partial charge in [0.1, 0.15) is 0 Å². The van der Waals surface area contributed by atoms with Crippen LogP contribution in [0.4, 0.5) is 0 Å². The van der Waals surface area contributed by atoms with Gasteiger partial charge in [-0.25, -0.2) is 0 Å². The van der Waals surface area contributed by atoms with Crippen molar-refractivity contribution in [3.63, 3.8) is 0 Å². The number of benzene rings is 1. The number of pyridine rings is 1. The highest BCUT2D eigenvalue weighted by Crippen LogP contribution is 2.03. The smallest absolute Gasteiger partial charge is 0.371 e. The largest absolute Gasteiger partial charge is 0.459 e. The van der Waals surface area contributed by atoms with Crippen molar-refractivity contribution in [3.8, 4) is 0 Å². The molecule has 0 aliphatic rings. The molecule has 0 spiro atoms. The highest BCUT2D eigenvalue weighted by atomic mass is 16.3. The Morgan fingerprint density at radius 3 is 2.20 bits per heavy atom. The number of hydrogen-bond donors (Lipinski definition) is 1. The van der Waals surface area contributed by atoms with Crippen LogP contribution < -0.4 is 4.57 Å². The van der Waals surface area contributed by atoms with Crippen LogP contribution >= 0.6 is 0 Å². The number of aliphatic hydroxyl groups excluding tert-OH is 1. The highest BCUT2D eigenvalue weighted by Gasteiger charge is 2.04. The Labute approximate surface area is 88.8 Å². The highest BCUT2D eigenvalue weighted by molar-refractivity contribution is 5.61. The van der Waals surface area contributed by atoms with Crippen LogP contribution in [0.25, 0.3) is 12.0 Å². The number of nitrogens with zero attached hydrogens (tertiary/aromatic N) is 1. The molecule has 1 N–H and O–H groups in total. The molecular weight excluding hydrogens is 186 g/mol. The lowest BCUT2D eigenvalue weighted by Crippen LogP contribution is -2.30. The Morgan fingerprint density at radius 1 is 0.933 bits per heavy atom. The van der Waals surface area contributed by atoms with Crippen LogP contribution in [-0.4, -0.2) is 5.11 Å². The maximum absolute atomic E-state index is 9.80. The van der Waals surface area contributed by atoms with Crippen LogP contribution in [0.15, 0.2) is 60.9 Å². The molecule has 0 atom stereocenters. The van der Waals surface area contributed by atoms with Crippen molar-refractivity contribution < 1.29 is 9.67 Å². The van der Waals surface area contributed by atoms with Gasteiger partial charge in [-0.1, -0.05) is 36.4 Å². The summed E-state index contributed by atoms with van der Waals surface area (Å²) < 4.78 is 1.66. The summed E-state index contributed by atoms with van der Waals surface area (Å²) in [5.74, 6) is 0.210. The van der Waals surface area contributed by atoms with E-state index in [4.69, 9.17) is 0 Å². The minimum Gasteiger partial charge on any atom is -0.459 e. The zero-order valence-corrected chi connectivity index (χ0v) is 8.25. The fourth-order valence-corrected chi connectivity index (χ4v) is 1.32. The predicted octanol–water partition coefficient (Wildman–Crippen LogP) is 2.49. The van der Waals surface area contributed by atoms with Gasteiger partial charge in [0.2, 0.25) is 0 Å². The molecule has 0 aliphatic heterocycles. The minimum atomic E-state index is 0.210. The van der Waals surface area contributed by atoms with Crippen molar-refractivity contribution in [1.82, 2.24) is 0 Å². The van der Waals surface area contributed by atoms with Crippen molar-refractivity contribution in [3.05, 3.63) is 66.5 Å². The van der Waals surface area contributed by atoms with Crippen LogP contribution in [0.3, 0.4) is 0 Å². The van der Waals surface area contributed by atoms with Gasteiger partial charge >= 0.3 is 5.88 Å². The second kappa shape index (κ2) is 4.42. The maximum atomic E-state index is 9.80. The van der Waals surface area contributed by atoms with Gasteiger partial charge in [-0.2, -0.15) is 0 Å². The SMILES string of the molecule is OC(=Cc1ccccc1)[n+]1ccccc1. The third-order valence-electron chi connectivity index (χ3n) is 2.08. The first-order valence-corrected chi connectivity index (χ1v) is 4.78. The summed E-state index contributed by atoms with van der Waals surface area (Å²) in [6, 6.07) is 15.4. The van der Waals surface area contributed by atoms with Gasteiger partial charge in [-0.15, -0.1) is 4.57 Å². The van der Waals surface area contributed by atoms with Gasteiger partial charge in [0, 0.05) is 12.1 Å². The standard InChI is InChI=1S/C13H11NO/c15-13(14-9-5-2-6-10-14)11-12-7-3-1-4-8-12/h1-11H/p+1. The third-order valence-corrected chi connectivity index (χ3v) is 2.08. The average molecular weight is 198 g/mol. The quantitative estimate of drug-likeness (QED) is 0.581. The third kappa shape index (κ3) is 2.44. The molecule has 2 aromatic rings. The number of hydrogen-bond acceptors (Lipinski definition) is 1. The Balaban J connectivity index is 2.29. The van der Waals surface area contributed by atoms with E-state index in [1.807, 2.05) is 48.5 Å². The molecule has 1 heterocycles. The van der Waals surface area contributed by atoms with E-state index in [1.165, 1.54) is 0 Å². The summed E-state index contributed by atoms with van der Waals surface area (Å²) in [6.07, 6.45) is 5.32. The van der Waals surface area contributed by atoms with E-state index in [1.54, 1.807) is 23.0 Å². The van der Waals surface area contributed by atoms with E-state index in [0.717, 1.165) is 5.56 Å². The molecule has 0 bridgehead atoms. The molecule has 0 amide bonds. The normalized spacial score (nSPS) is 11.3. The van der Waals surface area contributed by atoms with Crippen LogP contribution in [0, 0.1) is 0 Å². The van der Waals surface area contributed by atoms with Crippen LogP contribution in [0.2, 0.25) is 0 Å². The van der Waals surface area contributed by atoms with Gasteiger partial charge in [0.15, 0.2) is 12.4 Å². The molecule has 1 aromatic carbocycles. The van der Waals surface area contributed by atoms with E-state index >= 15 is 0 Å². The van der Waals surface area contributed by atoms with Crippen molar-refractivity contribution in [2.45, 2.75) is 0 Å². The lowest BCUT2D eigenvalue weighted by molar-refractivity contribution is -0.598. The van der Waals surface area contributed by atoms with Crippen LogP contribution in [0.1, 0.15) is 5.56 Å². The molecule has 15 heavy (non-hydrogen) atoms. The van der Waals surface area contributed by atoms with E-state index < -0.39 is 0 Å². The molecule has 74 valence electrons. The zero-order chi connectivity index (χ0) is 10.5. The topological polar surface area (TPSA) is 24.1 Å². The fraction of sp³-hybridized carbons (Fsp3) is 0. The first-order chi connectivity index (χ1) is 7.36.